The van der Waals surface area contributed by atoms with Crippen molar-refractivity contribution >= 4 is 26.0 Å². The minimum absolute atomic E-state index is 0.0845. The Bertz CT molecular complexity index is 469. The number of methoxy groups -OCH3 is 1. The van der Waals surface area contributed by atoms with Crippen LogP contribution in [0.4, 0.5) is 4.79 Å². The molecule has 7 nitrogen and oxygen atoms in total. The summed E-state index contributed by atoms with van der Waals surface area (Å²) in [6, 6.07) is 0. The third-order valence-electron chi connectivity index (χ3n) is 3.13. The molecule has 1 rings (SSSR count). The van der Waals surface area contributed by atoms with Crippen molar-refractivity contribution in [3.63, 3.8) is 0 Å². The molecule has 0 bridgehead atoms. The summed E-state index contributed by atoms with van der Waals surface area (Å²) in [5.41, 5.74) is 7.53. The molecule has 0 atom stereocenters. The van der Waals surface area contributed by atoms with E-state index in [1.54, 1.807) is 10.7 Å². The van der Waals surface area contributed by atoms with Gasteiger partial charge in [0.2, 0.25) is 5.84 Å². The summed E-state index contributed by atoms with van der Waals surface area (Å²) in [5, 5.41) is 0. The second-order valence-corrected chi connectivity index (χ2v) is 12.9. The maximum absolute atomic E-state index is 11.7. The first-order chi connectivity index (χ1) is 10.9. The summed E-state index contributed by atoms with van der Waals surface area (Å²) in [6.45, 7) is 12.9. The van der Waals surface area contributed by atoms with Gasteiger partial charge in [-0.25, -0.2) is 4.79 Å². The Labute approximate surface area is 145 Å². The van der Waals surface area contributed by atoms with E-state index in [-0.39, 0.29) is 18.0 Å². The molecule has 0 spiro atoms. The number of ether oxygens (including phenoxy) is 2. The summed E-state index contributed by atoms with van der Waals surface area (Å²) < 4.78 is 9.96. The third-order valence-corrected chi connectivity index (χ3v) is 4.02. The zero-order valence-electron chi connectivity index (χ0n) is 16.0. The van der Waals surface area contributed by atoms with Crippen molar-refractivity contribution in [3.8, 4) is 0 Å². The van der Waals surface area contributed by atoms with Gasteiger partial charge in [0.15, 0.2) is 8.07 Å². The zero-order valence-corrected chi connectivity index (χ0v) is 17.0. The monoisotopic (exact) mass is 357 g/mol. The fourth-order valence-electron chi connectivity index (χ4n) is 1.96. The molecule has 0 aromatic carbocycles. The van der Waals surface area contributed by atoms with E-state index in [0.29, 0.717) is 25.9 Å². The van der Waals surface area contributed by atoms with Gasteiger partial charge in [-0.1, -0.05) is 19.6 Å². The van der Waals surface area contributed by atoms with Crippen molar-refractivity contribution in [2.45, 2.75) is 58.9 Å². The highest BCUT2D eigenvalue weighted by Gasteiger charge is 2.30. The normalized spacial score (nSPS) is 15.5. The predicted octanol–water partition coefficient (Wildman–Crippen LogP) is 2.97. The average molecular weight is 358 g/mol. The lowest BCUT2D eigenvalue weighted by Crippen LogP contribution is -2.43. The van der Waals surface area contributed by atoms with Crippen LogP contribution in [0.2, 0.25) is 19.6 Å². The molecule has 138 valence electrons. The SMILES string of the molecule is COC(=O)C1CCN(C(=O)OC(C)(C)C)CC1.C[Si](C)(C)C=[N+]=[N-]. The van der Waals surface area contributed by atoms with Gasteiger partial charge in [-0.3, -0.25) is 4.79 Å². The minimum atomic E-state index is -1.20. The Balaban J connectivity index is 0.000000640. The van der Waals surface area contributed by atoms with E-state index in [1.807, 2.05) is 20.8 Å². The highest BCUT2D eigenvalue weighted by atomic mass is 28.3. The maximum atomic E-state index is 11.7. The Kier molecular flexibility index (Phi) is 8.92. The van der Waals surface area contributed by atoms with Crippen molar-refractivity contribution in [1.82, 2.24) is 4.90 Å². The van der Waals surface area contributed by atoms with E-state index in [2.05, 4.69) is 24.4 Å². The summed E-state index contributed by atoms with van der Waals surface area (Å²) in [5.74, 6) is 1.36. The Morgan fingerprint density at radius 2 is 1.71 bits per heavy atom. The van der Waals surface area contributed by atoms with Crippen molar-refractivity contribution in [2.24, 2.45) is 5.92 Å². The number of carbonyl (C=O) groups excluding carboxylic acids is 2. The summed E-state index contributed by atoms with van der Waals surface area (Å²) in [4.78, 5) is 27.6. The quantitative estimate of drug-likeness (QED) is 0.250. The van der Waals surface area contributed by atoms with Gasteiger partial charge in [0, 0.05) is 13.1 Å². The van der Waals surface area contributed by atoms with Crippen LogP contribution in [0.15, 0.2) is 0 Å². The first kappa shape index (κ1) is 22.3. The predicted molar refractivity (Wildman–Crippen MR) is 95.6 cm³/mol. The smallest absolute Gasteiger partial charge is 0.410 e. The number of piperidine rings is 1. The molecule has 1 fully saturated rings. The molecule has 0 aromatic rings. The molecule has 0 radical (unpaired) electrons. The van der Waals surface area contributed by atoms with E-state index in [9.17, 15) is 9.59 Å². The van der Waals surface area contributed by atoms with E-state index >= 15 is 0 Å². The van der Waals surface area contributed by atoms with Crippen LogP contribution in [0.25, 0.3) is 5.53 Å². The topological polar surface area (TPSA) is 92.2 Å². The van der Waals surface area contributed by atoms with Crippen LogP contribution in [0, 0.1) is 5.92 Å². The fraction of sp³-hybridized carbons (Fsp3) is 0.812. The number of likely N-dealkylation sites (tertiary alicyclic amines) is 1. The standard InChI is InChI=1S/C12H21NO4.C4H10N2Si/c1-12(2,3)17-11(15)13-7-5-9(6-8-13)10(14)16-4;1-7(2,3)4-6-5/h9H,5-8H2,1-4H3;4H,1-3H3. The van der Waals surface area contributed by atoms with Crippen LogP contribution in [0.3, 0.4) is 0 Å². The number of rotatable bonds is 2. The first-order valence-corrected chi connectivity index (χ1v) is 11.7. The van der Waals surface area contributed by atoms with Crippen molar-refractivity contribution < 1.29 is 23.9 Å². The summed E-state index contributed by atoms with van der Waals surface area (Å²) in [6.07, 6.45) is 0.985. The Hall–Kier alpha value is -1.66. The number of nitrogens with zero attached hydrogens (tertiary/aromatic N) is 3. The maximum Gasteiger partial charge on any atom is 0.410 e. The molecule has 1 amide bonds. The summed E-state index contributed by atoms with van der Waals surface area (Å²) >= 11 is 0. The van der Waals surface area contributed by atoms with Gasteiger partial charge in [-0.05, 0) is 33.6 Å². The zero-order chi connectivity index (χ0) is 19.0. The second-order valence-electron chi connectivity index (χ2n) is 7.88. The van der Waals surface area contributed by atoms with Gasteiger partial charge in [0.1, 0.15) is 5.60 Å². The molecule has 8 heteroatoms. The van der Waals surface area contributed by atoms with E-state index in [0.717, 1.165) is 0 Å². The molecular formula is C16H31N3O4Si. The lowest BCUT2D eigenvalue weighted by molar-refractivity contribution is -0.147. The molecule has 0 aromatic heterocycles. The molecule has 1 saturated heterocycles. The molecule has 1 aliphatic heterocycles. The molecule has 0 saturated carbocycles. The molecule has 0 N–H and O–H groups in total. The lowest BCUT2D eigenvalue weighted by atomic mass is 9.97. The highest BCUT2D eigenvalue weighted by molar-refractivity contribution is 6.98. The van der Waals surface area contributed by atoms with Crippen LogP contribution < -0.4 is 0 Å². The van der Waals surface area contributed by atoms with Gasteiger partial charge < -0.3 is 19.9 Å². The van der Waals surface area contributed by atoms with Gasteiger partial charge in [-0.15, -0.1) is 0 Å². The van der Waals surface area contributed by atoms with Crippen LogP contribution in [-0.2, 0) is 14.3 Å². The highest BCUT2D eigenvalue weighted by Crippen LogP contribution is 2.20. The molecular weight excluding hydrogens is 326 g/mol. The minimum Gasteiger partial charge on any atom is -0.469 e. The molecule has 1 aliphatic rings. The molecule has 1 heterocycles. The number of hydrogen-bond donors (Lipinski definition) is 0. The number of carbonyl (C=O) groups is 2. The van der Waals surface area contributed by atoms with Crippen LogP contribution >= 0.6 is 0 Å². The first-order valence-electron chi connectivity index (χ1n) is 8.14. The third kappa shape index (κ3) is 10.2. The van der Waals surface area contributed by atoms with Crippen LogP contribution in [0.1, 0.15) is 33.6 Å². The Morgan fingerprint density at radius 3 is 2.00 bits per heavy atom. The van der Waals surface area contributed by atoms with Gasteiger partial charge in [0.05, 0.1) is 13.0 Å². The molecule has 0 unspecified atom stereocenters. The average Bonchev–Trinajstić information content (AvgIpc) is 2.44. The van der Waals surface area contributed by atoms with Crippen LogP contribution in [-0.4, -0.2) is 61.5 Å². The van der Waals surface area contributed by atoms with Crippen molar-refractivity contribution in [2.75, 3.05) is 20.2 Å². The largest absolute Gasteiger partial charge is 0.469 e. The van der Waals surface area contributed by atoms with E-state index in [1.165, 1.54) is 7.11 Å². The fourth-order valence-corrected chi connectivity index (χ4v) is 2.31. The second kappa shape index (κ2) is 9.59. The van der Waals surface area contributed by atoms with E-state index in [4.69, 9.17) is 15.0 Å². The number of esters is 1. The summed E-state index contributed by atoms with van der Waals surface area (Å²) in [7, 11) is 0.193. The van der Waals surface area contributed by atoms with E-state index < -0.39 is 13.7 Å². The van der Waals surface area contributed by atoms with Gasteiger partial charge in [0.25, 0.3) is 0 Å². The van der Waals surface area contributed by atoms with Crippen molar-refractivity contribution in [1.29, 1.82) is 0 Å². The lowest BCUT2D eigenvalue weighted by Gasteiger charge is -2.32. The van der Waals surface area contributed by atoms with Gasteiger partial charge >= 0.3 is 12.1 Å². The number of hydrogen-bond acceptors (Lipinski definition) is 4. The van der Waals surface area contributed by atoms with Crippen LogP contribution in [0.5, 0.6) is 0 Å². The number of amides is 1. The van der Waals surface area contributed by atoms with Crippen molar-refractivity contribution in [3.05, 3.63) is 5.53 Å². The molecule has 24 heavy (non-hydrogen) atoms. The Morgan fingerprint density at radius 1 is 1.21 bits per heavy atom. The molecule has 0 aliphatic carbocycles. The van der Waals surface area contributed by atoms with Gasteiger partial charge in [-0.2, -0.15) is 4.79 Å².